The molecule has 4 heterocycles. The van der Waals surface area contributed by atoms with Crippen LogP contribution in [0.5, 0.6) is 11.8 Å². The zero-order chi connectivity index (χ0) is 32.1. The smallest absolute Gasteiger partial charge is 0.319 e. The van der Waals surface area contributed by atoms with Gasteiger partial charge in [0.15, 0.2) is 5.82 Å². The van der Waals surface area contributed by atoms with E-state index in [-0.39, 0.29) is 39.5 Å². The molecule has 4 aromatic rings. The van der Waals surface area contributed by atoms with E-state index >= 15 is 4.39 Å². The average molecular weight is 640 g/mol. The number of piperidine rings is 1. The monoisotopic (exact) mass is 639 g/mol. The fourth-order valence-corrected chi connectivity index (χ4v) is 8.30. The number of nitrogens with zero attached hydrogens (tertiary/aromatic N) is 5. The van der Waals surface area contributed by atoms with Gasteiger partial charge in [-0.3, -0.25) is 9.88 Å². The van der Waals surface area contributed by atoms with Gasteiger partial charge in [-0.05, 0) is 81.0 Å². The summed E-state index contributed by atoms with van der Waals surface area (Å²) in [5, 5.41) is 11.8. The zero-order valence-electron chi connectivity index (χ0n) is 26.5. The lowest BCUT2D eigenvalue weighted by Crippen LogP contribution is -2.52. The number of likely N-dealkylation sites (tertiary alicyclic amines) is 1. The molecule has 0 amide bonds. The van der Waals surface area contributed by atoms with Gasteiger partial charge in [0.2, 0.25) is 0 Å². The molecule has 0 unspecified atom stereocenters. The van der Waals surface area contributed by atoms with E-state index in [0.29, 0.717) is 60.9 Å². The van der Waals surface area contributed by atoms with Crippen molar-refractivity contribution in [1.82, 2.24) is 19.9 Å². The van der Waals surface area contributed by atoms with Gasteiger partial charge < -0.3 is 19.5 Å². The Morgan fingerprint density at radius 2 is 1.91 bits per heavy atom. The molecule has 244 valence electrons. The van der Waals surface area contributed by atoms with Crippen LogP contribution in [0.1, 0.15) is 56.9 Å². The number of phenolic OH excluding ortho intramolecular Hbond substituents is 1. The molecule has 2 atom stereocenters. The summed E-state index contributed by atoms with van der Waals surface area (Å²) in [6, 6.07) is 6.19. The van der Waals surface area contributed by atoms with Crippen molar-refractivity contribution in [3.8, 4) is 35.4 Å². The van der Waals surface area contributed by atoms with Gasteiger partial charge in [0.05, 0.1) is 24.2 Å². The van der Waals surface area contributed by atoms with Crippen molar-refractivity contribution in [2.75, 3.05) is 50.9 Å². The minimum Gasteiger partial charge on any atom is -0.508 e. The summed E-state index contributed by atoms with van der Waals surface area (Å²) in [4.78, 5) is 18.9. The molecule has 0 radical (unpaired) electrons. The number of fused-ring (bicyclic) bond motifs is 3. The molecule has 0 bridgehead atoms. The molecule has 2 aliphatic heterocycles. The molecule has 10 heteroatoms. The molecule has 4 aliphatic rings. The number of ether oxygens (including phenoxy) is 2. The van der Waals surface area contributed by atoms with Gasteiger partial charge in [-0.2, -0.15) is 9.97 Å². The Labute approximate surface area is 273 Å². The maximum atomic E-state index is 16.9. The van der Waals surface area contributed by atoms with E-state index in [9.17, 15) is 9.50 Å². The van der Waals surface area contributed by atoms with Gasteiger partial charge in [-0.1, -0.05) is 18.4 Å². The molecule has 2 saturated heterocycles. The number of aromatic nitrogens is 3. The maximum absolute atomic E-state index is 16.9. The molecule has 8 nitrogen and oxygen atoms in total. The lowest BCUT2D eigenvalue weighted by atomic mass is 9.75. The van der Waals surface area contributed by atoms with E-state index < -0.39 is 11.6 Å². The van der Waals surface area contributed by atoms with Gasteiger partial charge >= 0.3 is 6.01 Å². The maximum Gasteiger partial charge on any atom is 0.319 e. The summed E-state index contributed by atoms with van der Waals surface area (Å²) < 4.78 is 43.9. The first-order valence-electron chi connectivity index (χ1n) is 16.9. The Morgan fingerprint density at radius 3 is 2.77 bits per heavy atom. The van der Waals surface area contributed by atoms with Crippen molar-refractivity contribution in [3.63, 3.8) is 0 Å². The predicted octanol–water partition coefficient (Wildman–Crippen LogP) is 6.46. The summed E-state index contributed by atoms with van der Waals surface area (Å²) in [6.07, 6.45) is 16.4. The number of halogens is 2. The predicted molar refractivity (Wildman–Crippen MR) is 177 cm³/mol. The van der Waals surface area contributed by atoms with E-state index in [2.05, 4.69) is 25.7 Å². The normalized spacial score (nSPS) is 23.5. The highest BCUT2D eigenvalue weighted by Gasteiger charge is 2.49. The Bertz CT molecular complexity index is 1880. The number of aromatic hydroxyl groups is 1. The first kappa shape index (κ1) is 30.3. The van der Waals surface area contributed by atoms with E-state index in [0.717, 1.165) is 38.1 Å². The third-order valence-electron chi connectivity index (χ3n) is 10.7. The molecule has 0 spiro atoms. The first-order valence-corrected chi connectivity index (χ1v) is 16.9. The SMILES string of the molecule is C#Cc1c(F)ccc2cc(O)cc(-c3ncc4c(N5CCCOCC5)nc(OC[C@]56CCC[C@H]5N(CC5CC5)CCC6)nc4c3F)c12. The third kappa shape index (κ3) is 5.53. The zero-order valence-corrected chi connectivity index (χ0v) is 26.5. The molecular formula is C37H39F2N5O3. The van der Waals surface area contributed by atoms with Gasteiger partial charge in [0, 0.05) is 54.8 Å². The molecule has 2 aromatic heterocycles. The van der Waals surface area contributed by atoms with Crippen LogP contribution in [-0.2, 0) is 4.74 Å². The second-order valence-electron chi connectivity index (χ2n) is 13.7. The van der Waals surface area contributed by atoms with Crippen LogP contribution in [0.25, 0.3) is 32.9 Å². The molecule has 2 saturated carbocycles. The number of phenols is 1. The first-order chi connectivity index (χ1) is 22.9. The highest BCUT2D eigenvalue weighted by Crippen LogP contribution is 2.49. The quantitative estimate of drug-likeness (QED) is 0.231. The fraction of sp³-hybridized carbons (Fsp3) is 0.486. The van der Waals surface area contributed by atoms with E-state index in [1.807, 2.05) is 0 Å². The van der Waals surface area contributed by atoms with Crippen LogP contribution in [0.2, 0.25) is 0 Å². The Kier molecular flexibility index (Phi) is 7.85. The number of anilines is 1. The number of rotatable bonds is 7. The largest absolute Gasteiger partial charge is 0.508 e. The molecular weight excluding hydrogens is 600 g/mol. The van der Waals surface area contributed by atoms with Crippen LogP contribution in [-0.4, -0.2) is 77.0 Å². The van der Waals surface area contributed by atoms with Crippen LogP contribution >= 0.6 is 0 Å². The minimum absolute atomic E-state index is 0.0238. The van der Waals surface area contributed by atoms with Crippen LogP contribution in [0.15, 0.2) is 30.5 Å². The minimum atomic E-state index is -0.716. The van der Waals surface area contributed by atoms with Crippen LogP contribution in [0, 0.1) is 35.3 Å². The Morgan fingerprint density at radius 1 is 1.04 bits per heavy atom. The standard InChI is InChI=1S/C37H39F2N5O3/c1-2-26-29(38)10-9-24-18-25(45)19-27(31(24)26)33-32(39)34-28(20-40-33)35(43-14-5-16-46-17-15-43)42-36(41-34)47-22-37-11-3-6-30(37)44(13-4-12-37)21-23-7-8-23/h1,9-10,18-20,23,30,45H,3-8,11-17,21-22H2/t30-,37-/m1/s1. The van der Waals surface area contributed by atoms with Gasteiger partial charge in [0.25, 0.3) is 0 Å². The number of hydrogen-bond acceptors (Lipinski definition) is 8. The average Bonchev–Trinajstić information content (AvgIpc) is 3.85. The number of terminal acetylenes is 1. The van der Waals surface area contributed by atoms with Crippen molar-refractivity contribution >= 4 is 27.5 Å². The van der Waals surface area contributed by atoms with Crippen molar-refractivity contribution in [3.05, 3.63) is 47.7 Å². The van der Waals surface area contributed by atoms with Gasteiger partial charge in [-0.25, -0.2) is 8.78 Å². The number of pyridine rings is 1. The van der Waals surface area contributed by atoms with E-state index in [1.165, 1.54) is 56.5 Å². The molecule has 1 N–H and O–H groups in total. The molecule has 2 aromatic carbocycles. The van der Waals surface area contributed by atoms with Crippen molar-refractivity contribution in [2.24, 2.45) is 11.3 Å². The highest BCUT2D eigenvalue weighted by molar-refractivity contribution is 6.03. The summed E-state index contributed by atoms with van der Waals surface area (Å²) in [6.45, 7) is 5.22. The summed E-state index contributed by atoms with van der Waals surface area (Å²) in [7, 11) is 0. The van der Waals surface area contributed by atoms with E-state index in [4.69, 9.17) is 20.9 Å². The van der Waals surface area contributed by atoms with Crippen LogP contribution < -0.4 is 9.64 Å². The lowest BCUT2D eigenvalue weighted by Gasteiger charge is -2.46. The van der Waals surface area contributed by atoms with Crippen molar-refractivity contribution in [2.45, 2.75) is 57.4 Å². The number of benzene rings is 2. The molecule has 4 fully saturated rings. The summed E-state index contributed by atoms with van der Waals surface area (Å²) in [5.41, 5.74) is 0.149. The molecule has 47 heavy (non-hydrogen) atoms. The van der Waals surface area contributed by atoms with Crippen molar-refractivity contribution in [1.29, 1.82) is 0 Å². The second kappa shape index (κ2) is 12.2. The lowest BCUT2D eigenvalue weighted by molar-refractivity contribution is -0.00241. The van der Waals surface area contributed by atoms with Crippen molar-refractivity contribution < 1.29 is 23.4 Å². The number of hydrogen-bond donors (Lipinski definition) is 1. The summed E-state index contributed by atoms with van der Waals surface area (Å²) in [5.74, 6) is 2.33. The Hall–Kier alpha value is -4.07. The molecule has 2 aliphatic carbocycles. The van der Waals surface area contributed by atoms with Gasteiger partial charge in [0.1, 0.15) is 28.6 Å². The second-order valence-corrected chi connectivity index (χ2v) is 13.7. The Balaban J connectivity index is 1.22. The highest BCUT2D eigenvalue weighted by atomic mass is 19.1. The fourth-order valence-electron chi connectivity index (χ4n) is 8.30. The van der Waals surface area contributed by atoms with E-state index in [1.54, 1.807) is 6.20 Å². The van der Waals surface area contributed by atoms with Crippen LogP contribution in [0.3, 0.4) is 0 Å². The topological polar surface area (TPSA) is 83.8 Å². The third-order valence-corrected chi connectivity index (χ3v) is 10.7. The van der Waals surface area contributed by atoms with Crippen LogP contribution in [0.4, 0.5) is 14.6 Å². The van der Waals surface area contributed by atoms with Gasteiger partial charge in [-0.15, -0.1) is 6.42 Å². The summed E-state index contributed by atoms with van der Waals surface area (Å²) >= 11 is 0. The molecule has 8 rings (SSSR count).